The SMILES string of the molecule is NCCSC(CC=O)C(CCC=O)SCCN. The molecule has 0 radical (unpaired) electrons. The van der Waals surface area contributed by atoms with E-state index >= 15 is 0 Å². The molecule has 0 aromatic rings. The standard InChI is InChI=1S/C11H22N2O2S2/c12-4-8-16-10(2-1-6-14)11(3-7-15)17-9-5-13/h6-7,10-11H,1-5,8-9,12-13H2. The van der Waals surface area contributed by atoms with Gasteiger partial charge in [-0.15, -0.1) is 0 Å². The van der Waals surface area contributed by atoms with Crippen molar-refractivity contribution in [3.63, 3.8) is 0 Å². The van der Waals surface area contributed by atoms with Crippen LogP contribution in [-0.2, 0) is 9.59 Å². The van der Waals surface area contributed by atoms with Crippen LogP contribution in [0.1, 0.15) is 19.3 Å². The van der Waals surface area contributed by atoms with Crippen molar-refractivity contribution < 1.29 is 9.59 Å². The number of hydrogen-bond donors (Lipinski definition) is 2. The van der Waals surface area contributed by atoms with Gasteiger partial charge in [0.15, 0.2) is 0 Å². The highest BCUT2D eigenvalue weighted by atomic mass is 32.2. The predicted molar refractivity (Wildman–Crippen MR) is 76.6 cm³/mol. The summed E-state index contributed by atoms with van der Waals surface area (Å²) in [6, 6.07) is 0. The van der Waals surface area contributed by atoms with Gasteiger partial charge in [-0.3, -0.25) is 0 Å². The lowest BCUT2D eigenvalue weighted by molar-refractivity contribution is -0.108. The maximum absolute atomic E-state index is 10.7. The first kappa shape index (κ1) is 17.0. The summed E-state index contributed by atoms with van der Waals surface area (Å²) in [5, 5.41) is 0.554. The average Bonchev–Trinajstić information content (AvgIpc) is 2.35. The third-order valence-corrected chi connectivity index (χ3v) is 5.27. The number of carbonyl (C=O) groups is 2. The van der Waals surface area contributed by atoms with Gasteiger partial charge in [-0.2, -0.15) is 23.5 Å². The van der Waals surface area contributed by atoms with E-state index in [0.29, 0.717) is 31.2 Å². The Kier molecular flexibility index (Phi) is 12.4. The summed E-state index contributed by atoms with van der Waals surface area (Å²) < 4.78 is 0. The molecule has 4 nitrogen and oxygen atoms in total. The van der Waals surface area contributed by atoms with E-state index in [4.69, 9.17) is 11.5 Å². The molecule has 0 spiro atoms. The first-order chi connectivity index (χ1) is 8.29. The predicted octanol–water partition coefficient (Wildman–Crippen LogP) is 0.676. The summed E-state index contributed by atoms with van der Waals surface area (Å²) in [5.41, 5.74) is 11.0. The highest BCUT2D eigenvalue weighted by Crippen LogP contribution is 2.29. The normalized spacial score (nSPS) is 14.2. The lowest BCUT2D eigenvalue weighted by Crippen LogP contribution is -2.24. The molecule has 2 unspecified atom stereocenters. The van der Waals surface area contributed by atoms with Gasteiger partial charge in [-0.1, -0.05) is 0 Å². The molecule has 17 heavy (non-hydrogen) atoms. The fraction of sp³-hybridized carbons (Fsp3) is 0.818. The fourth-order valence-corrected chi connectivity index (χ4v) is 4.01. The second-order valence-electron chi connectivity index (χ2n) is 3.54. The van der Waals surface area contributed by atoms with Crippen LogP contribution in [0.2, 0.25) is 0 Å². The van der Waals surface area contributed by atoms with E-state index in [-0.39, 0.29) is 5.25 Å². The Morgan fingerprint density at radius 1 is 0.941 bits per heavy atom. The van der Waals surface area contributed by atoms with Crippen molar-refractivity contribution in [1.82, 2.24) is 0 Å². The van der Waals surface area contributed by atoms with Crippen molar-refractivity contribution in [3.05, 3.63) is 0 Å². The topological polar surface area (TPSA) is 86.2 Å². The maximum atomic E-state index is 10.7. The minimum atomic E-state index is 0.243. The van der Waals surface area contributed by atoms with Crippen molar-refractivity contribution in [1.29, 1.82) is 0 Å². The van der Waals surface area contributed by atoms with Gasteiger partial charge < -0.3 is 21.1 Å². The van der Waals surface area contributed by atoms with Crippen LogP contribution in [0.4, 0.5) is 0 Å². The largest absolute Gasteiger partial charge is 0.330 e. The monoisotopic (exact) mass is 278 g/mol. The zero-order chi connectivity index (χ0) is 12.9. The van der Waals surface area contributed by atoms with Gasteiger partial charge in [0.25, 0.3) is 0 Å². The second-order valence-corrected chi connectivity index (χ2v) is 6.24. The second kappa shape index (κ2) is 12.4. The molecule has 0 aliphatic heterocycles. The van der Waals surface area contributed by atoms with Crippen molar-refractivity contribution >= 4 is 36.1 Å². The molecule has 0 saturated heterocycles. The molecule has 2 atom stereocenters. The Bertz CT molecular complexity index is 206. The molecule has 0 rings (SSSR count). The van der Waals surface area contributed by atoms with Crippen LogP contribution in [0.25, 0.3) is 0 Å². The van der Waals surface area contributed by atoms with Crippen molar-refractivity contribution in [2.45, 2.75) is 29.8 Å². The number of thioether (sulfide) groups is 2. The molecule has 0 aromatic heterocycles. The molecular weight excluding hydrogens is 256 g/mol. The van der Waals surface area contributed by atoms with E-state index < -0.39 is 0 Å². The Morgan fingerprint density at radius 2 is 1.53 bits per heavy atom. The van der Waals surface area contributed by atoms with E-state index in [1.165, 1.54) is 0 Å². The first-order valence-electron chi connectivity index (χ1n) is 5.80. The van der Waals surface area contributed by atoms with Gasteiger partial charge in [-0.05, 0) is 6.42 Å². The molecule has 0 aliphatic carbocycles. The molecule has 4 N–H and O–H groups in total. The summed E-state index contributed by atoms with van der Waals surface area (Å²) in [6.45, 7) is 1.24. The molecule has 0 aromatic carbocycles. The lowest BCUT2D eigenvalue weighted by Gasteiger charge is -2.24. The summed E-state index contributed by atoms with van der Waals surface area (Å²) in [4.78, 5) is 21.1. The highest BCUT2D eigenvalue weighted by Gasteiger charge is 2.21. The van der Waals surface area contributed by atoms with E-state index in [1.807, 2.05) is 0 Å². The van der Waals surface area contributed by atoms with Gasteiger partial charge >= 0.3 is 0 Å². The molecule has 0 amide bonds. The summed E-state index contributed by atoms with van der Waals surface area (Å²) in [7, 11) is 0. The molecule has 100 valence electrons. The summed E-state index contributed by atoms with van der Waals surface area (Å²) in [5.74, 6) is 1.71. The van der Waals surface area contributed by atoms with Crippen LogP contribution < -0.4 is 11.5 Å². The van der Waals surface area contributed by atoms with E-state index in [1.54, 1.807) is 23.5 Å². The minimum Gasteiger partial charge on any atom is -0.330 e. The third-order valence-electron chi connectivity index (χ3n) is 2.21. The van der Waals surface area contributed by atoms with Gasteiger partial charge in [0.05, 0.1) is 0 Å². The van der Waals surface area contributed by atoms with Crippen LogP contribution >= 0.6 is 23.5 Å². The molecule has 0 heterocycles. The molecule has 0 saturated carbocycles. The molecule has 0 aliphatic rings. The van der Waals surface area contributed by atoms with Crippen molar-refractivity contribution in [3.8, 4) is 0 Å². The molecular formula is C11H22N2O2S2. The van der Waals surface area contributed by atoms with E-state index in [0.717, 1.165) is 30.5 Å². The van der Waals surface area contributed by atoms with Crippen LogP contribution in [-0.4, -0.2) is 47.7 Å². The van der Waals surface area contributed by atoms with Crippen molar-refractivity contribution in [2.75, 3.05) is 24.6 Å². The van der Waals surface area contributed by atoms with E-state index in [9.17, 15) is 9.59 Å². The summed E-state index contributed by atoms with van der Waals surface area (Å²) in [6.07, 6.45) is 3.75. The van der Waals surface area contributed by atoms with Gasteiger partial charge in [-0.25, -0.2) is 0 Å². The molecule has 6 heteroatoms. The number of aldehydes is 2. The third kappa shape index (κ3) is 8.65. The summed E-state index contributed by atoms with van der Waals surface area (Å²) >= 11 is 3.48. The van der Waals surface area contributed by atoms with Crippen LogP contribution in [0.3, 0.4) is 0 Å². The first-order valence-corrected chi connectivity index (χ1v) is 7.90. The minimum absolute atomic E-state index is 0.243. The zero-order valence-electron chi connectivity index (χ0n) is 10.0. The Hall–Kier alpha value is -0.0400. The number of nitrogens with two attached hydrogens (primary N) is 2. The Morgan fingerprint density at radius 3 is 2.00 bits per heavy atom. The maximum Gasteiger partial charge on any atom is 0.121 e. The molecule has 0 bridgehead atoms. The van der Waals surface area contributed by atoms with Gasteiger partial charge in [0, 0.05) is 47.9 Å². The van der Waals surface area contributed by atoms with Crippen LogP contribution in [0.5, 0.6) is 0 Å². The number of carbonyl (C=O) groups excluding carboxylic acids is 2. The van der Waals surface area contributed by atoms with Crippen LogP contribution in [0.15, 0.2) is 0 Å². The Labute approximate surface area is 112 Å². The quantitative estimate of drug-likeness (QED) is 0.510. The smallest absolute Gasteiger partial charge is 0.121 e. The Balaban J connectivity index is 4.29. The van der Waals surface area contributed by atoms with E-state index in [2.05, 4.69) is 0 Å². The van der Waals surface area contributed by atoms with Crippen LogP contribution in [0, 0.1) is 0 Å². The molecule has 0 fully saturated rings. The zero-order valence-corrected chi connectivity index (χ0v) is 11.7. The number of hydrogen-bond acceptors (Lipinski definition) is 6. The van der Waals surface area contributed by atoms with Gasteiger partial charge in [0.1, 0.15) is 12.6 Å². The number of rotatable bonds is 12. The lowest BCUT2D eigenvalue weighted by atomic mass is 10.1. The fourth-order valence-electron chi connectivity index (χ4n) is 1.47. The van der Waals surface area contributed by atoms with Crippen molar-refractivity contribution in [2.24, 2.45) is 11.5 Å². The average molecular weight is 278 g/mol. The van der Waals surface area contributed by atoms with Gasteiger partial charge in [0.2, 0.25) is 0 Å². The highest BCUT2D eigenvalue weighted by molar-refractivity contribution is 8.03.